The van der Waals surface area contributed by atoms with Gasteiger partial charge in [0.2, 0.25) is 11.8 Å². The van der Waals surface area contributed by atoms with E-state index in [1.165, 1.54) is 4.90 Å². The van der Waals surface area contributed by atoms with Crippen molar-refractivity contribution in [1.82, 2.24) is 0 Å². The van der Waals surface area contributed by atoms with E-state index in [1.807, 2.05) is 25.1 Å². The van der Waals surface area contributed by atoms with Gasteiger partial charge in [-0.1, -0.05) is 24.3 Å². The van der Waals surface area contributed by atoms with Crippen LogP contribution in [0.4, 0.5) is 5.69 Å². The van der Waals surface area contributed by atoms with Crippen LogP contribution >= 0.6 is 0 Å². The Hall–Kier alpha value is -2.12. The standard InChI is InChI=1S/C17H18N2O2/c1-11-7-8-12(4-3-9-18)10-15(11)19-16(20)13-5-2-6-14(13)17(19)21/h7-8,10,13-14H,2,5-6,9,18H2,1H3. The summed E-state index contributed by atoms with van der Waals surface area (Å²) in [5.41, 5.74) is 7.74. The lowest BCUT2D eigenvalue weighted by atomic mass is 10.00. The van der Waals surface area contributed by atoms with Crippen LogP contribution in [0.3, 0.4) is 0 Å². The molecular weight excluding hydrogens is 264 g/mol. The molecule has 108 valence electrons. The van der Waals surface area contributed by atoms with E-state index in [-0.39, 0.29) is 30.2 Å². The molecule has 1 aliphatic carbocycles. The Morgan fingerprint density at radius 3 is 2.52 bits per heavy atom. The van der Waals surface area contributed by atoms with Crippen molar-refractivity contribution in [3.63, 3.8) is 0 Å². The fourth-order valence-electron chi connectivity index (χ4n) is 3.31. The topological polar surface area (TPSA) is 63.4 Å². The van der Waals surface area contributed by atoms with Gasteiger partial charge in [0, 0.05) is 5.56 Å². The molecule has 1 heterocycles. The first-order valence-electron chi connectivity index (χ1n) is 7.31. The molecule has 4 heteroatoms. The van der Waals surface area contributed by atoms with Gasteiger partial charge >= 0.3 is 0 Å². The van der Waals surface area contributed by atoms with Crippen molar-refractivity contribution < 1.29 is 9.59 Å². The first-order chi connectivity index (χ1) is 10.1. The molecule has 0 bridgehead atoms. The molecule has 4 nitrogen and oxygen atoms in total. The van der Waals surface area contributed by atoms with Crippen molar-refractivity contribution in [3.05, 3.63) is 29.3 Å². The minimum atomic E-state index is -0.115. The first-order valence-corrected chi connectivity index (χ1v) is 7.31. The van der Waals surface area contributed by atoms with Gasteiger partial charge in [-0.3, -0.25) is 9.59 Å². The van der Waals surface area contributed by atoms with Crippen LogP contribution in [0.15, 0.2) is 18.2 Å². The molecule has 0 radical (unpaired) electrons. The van der Waals surface area contributed by atoms with Crippen LogP contribution in [0, 0.1) is 30.6 Å². The second kappa shape index (κ2) is 5.34. The SMILES string of the molecule is Cc1ccc(C#CCN)cc1N1C(=O)C2CCCC2C1=O. The Labute approximate surface area is 124 Å². The molecule has 2 atom stereocenters. The minimum Gasteiger partial charge on any atom is -0.320 e. The normalized spacial score (nSPS) is 24.0. The second-order valence-electron chi connectivity index (χ2n) is 5.66. The smallest absolute Gasteiger partial charge is 0.237 e. The van der Waals surface area contributed by atoms with Crippen molar-refractivity contribution in [2.45, 2.75) is 26.2 Å². The molecule has 1 aromatic carbocycles. The number of hydrogen-bond acceptors (Lipinski definition) is 3. The zero-order valence-electron chi connectivity index (χ0n) is 12.1. The summed E-state index contributed by atoms with van der Waals surface area (Å²) >= 11 is 0. The number of nitrogens with two attached hydrogens (primary N) is 1. The molecule has 2 unspecified atom stereocenters. The van der Waals surface area contributed by atoms with Crippen LogP contribution in [-0.4, -0.2) is 18.4 Å². The van der Waals surface area contributed by atoms with Crippen LogP contribution < -0.4 is 10.6 Å². The van der Waals surface area contributed by atoms with Crippen LogP contribution in [0.5, 0.6) is 0 Å². The molecule has 3 rings (SSSR count). The Balaban J connectivity index is 2.00. The molecular formula is C17H18N2O2. The number of amides is 2. The number of carbonyl (C=O) groups is 2. The van der Waals surface area contributed by atoms with E-state index in [9.17, 15) is 9.59 Å². The molecule has 2 N–H and O–H groups in total. The van der Waals surface area contributed by atoms with Crippen LogP contribution in [0.25, 0.3) is 0 Å². The first kappa shape index (κ1) is 13.8. The molecule has 0 aromatic heterocycles. The maximum Gasteiger partial charge on any atom is 0.237 e. The Morgan fingerprint density at radius 2 is 1.90 bits per heavy atom. The van der Waals surface area contributed by atoms with Crippen molar-refractivity contribution in [3.8, 4) is 11.8 Å². The third kappa shape index (κ3) is 2.24. The van der Waals surface area contributed by atoms with E-state index in [0.717, 1.165) is 30.4 Å². The molecule has 1 saturated heterocycles. The quantitative estimate of drug-likeness (QED) is 0.628. The maximum atomic E-state index is 12.5. The van der Waals surface area contributed by atoms with E-state index < -0.39 is 0 Å². The van der Waals surface area contributed by atoms with E-state index in [0.29, 0.717) is 5.69 Å². The Morgan fingerprint density at radius 1 is 1.24 bits per heavy atom. The lowest BCUT2D eigenvalue weighted by molar-refractivity contribution is -0.122. The van der Waals surface area contributed by atoms with E-state index >= 15 is 0 Å². The highest BCUT2D eigenvalue weighted by Gasteiger charge is 2.50. The summed E-state index contributed by atoms with van der Waals surface area (Å²) < 4.78 is 0. The summed E-state index contributed by atoms with van der Waals surface area (Å²) in [4.78, 5) is 26.4. The number of fused-ring (bicyclic) bond motifs is 1. The third-order valence-corrected chi connectivity index (χ3v) is 4.38. The van der Waals surface area contributed by atoms with Gasteiger partial charge in [0.1, 0.15) is 0 Å². The summed E-state index contributed by atoms with van der Waals surface area (Å²) in [7, 11) is 0. The Bertz CT molecular complexity index is 647. The van der Waals surface area contributed by atoms with Gasteiger partial charge in [0.15, 0.2) is 0 Å². The fraction of sp³-hybridized carbons (Fsp3) is 0.412. The third-order valence-electron chi connectivity index (χ3n) is 4.38. The predicted octanol–water partition coefficient (Wildman–Crippen LogP) is 1.59. The largest absolute Gasteiger partial charge is 0.320 e. The zero-order chi connectivity index (χ0) is 15.0. The second-order valence-corrected chi connectivity index (χ2v) is 5.66. The average molecular weight is 282 g/mol. The molecule has 1 aromatic rings. The number of benzene rings is 1. The maximum absolute atomic E-state index is 12.5. The van der Waals surface area contributed by atoms with E-state index in [4.69, 9.17) is 5.73 Å². The van der Waals surface area contributed by atoms with Crippen molar-refractivity contribution >= 4 is 17.5 Å². The predicted molar refractivity (Wildman–Crippen MR) is 80.4 cm³/mol. The van der Waals surface area contributed by atoms with Gasteiger partial charge in [-0.25, -0.2) is 4.90 Å². The molecule has 2 amide bonds. The number of anilines is 1. The highest BCUT2D eigenvalue weighted by atomic mass is 16.2. The van der Waals surface area contributed by atoms with Gasteiger partial charge in [-0.05, 0) is 37.5 Å². The Kier molecular flexibility index (Phi) is 3.52. The van der Waals surface area contributed by atoms with Crippen LogP contribution in [-0.2, 0) is 9.59 Å². The van der Waals surface area contributed by atoms with Gasteiger partial charge in [-0.2, -0.15) is 0 Å². The summed E-state index contributed by atoms with van der Waals surface area (Å²) in [6.45, 7) is 2.19. The lowest BCUT2D eigenvalue weighted by Crippen LogP contribution is -2.32. The molecule has 2 fully saturated rings. The van der Waals surface area contributed by atoms with Gasteiger partial charge in [0.25, 0.3) is 0 Å². The number of aryl methyl sites for hydroxylation is 1. The monoisotopic (exact) mass is 282 g/mol. The van der Waals surface area contributed by atoms with E-state index in [1.54, 1.807) is 0 Å². The van der Waals surface area contributed by atoms with Gasteiger partial charge in [-0.15, -0.1) is 0 Å². The summed E-state index contributed by atoms with van der Waals surface area (Å²) in [5.74, 6) is 5.42. The number of rotatable bonds is 1. The van der Waals surface area contributed by atoms with Crippen molar-refractivity contribution in [2.75, 3.05) is 11.4 Å². The summed E-state index contributed by atoms with van der Waals surface area (Å²) in [5, 5.41) is 0. The lowest BCUT2D eigenvalue weighted by Gasteiger charge is -2.18. The van der Waals surface area contributed by atoms with Crippen molar-refractivity contribution in [2.24, 2.45) is 17.6 Å². The molecule has 1 saturated carbocycles. The fourth-order valence-corrected chi connectivity index (χ4v) is 3.31. The van der Waals surface area contributed by atoms with Crippen LogP contribution in [0.1, 0.15) is 30.4 Å². The minimum absolute atomic E-state index is 0.0467. The van der Waals surface area contributed by atoms with Gasteiger partial charge < -0.3 is 5.73 Å². The molecule has 0 spiro atoms. The molecule has 2 aliphatic rings. The molecule has 21 heavy (non-hydrogen) atoms. The number of nitrogens with zero attached hydrogens (tertiary/aromatic N) is 1. The highest BCUT2D eigenvalue weighted by Crippen LogP contribution is 2.42. The van der Waals surface area contributed by atoms with Gasteiger partial charge in [0.05, 0.1) is 24.1 Å². The number of hydrogen-bond donors (Lipinski definition) is 1. The number of imide groups is 1. The highest BCUT2D eigenvalue weighted by molar-refractivity contribution is 6.22. The zero-order valence-corrected chi connectivity index (χ0v) is 12.1. The van der Waals surface area contributed by atoms with Crippen molar-refractivity contribution in [1.29, 1.82) is 0 Å². The molecule has 1 aliphatic heterocycles. The number of carbonyl (C=O) groups excluding carboxylic acids is 2. The summed E-state index contributed by atoms with van der Waals surface area (Å²) in [6, 6.07) is 5.59. The average Bonchev–Trinajstić information content (AvgIpc) is 3.04. The van der Waals surface area contributed by atoms with E-state index in [2.05, 4.69) is 11.8 Å². The summed E-state index contributed by atoms with van der Waals surface area (Å²) in [6.07, 6.45) is 2.64. The van der Waals surface area contributed by atoms with Crippen LogP contribution in [0.2, 0.25) is 0 Å².